The van der Waals surface area contributed by atoms with Gasteiger partial charge < -0.3 is 5.32 Å². The zero-order valence-corrected chi connectivity index (χ0v) is 9.54. The first kappa shape index (κ1) is 9.00. The smallest absolute Gasteiger partial charge is 0.0184 e. The molecule has 1 N–H and O–H groups in total. The minimum absolute atomic E-state index is 0.794. The molecular weight excluding hydrogens is 184 g/mol. The number of rotatable bonds is 1. The largest absolute Gasteiger partial charge is 0.316 e. The van der Waals surface area contributed by atoms with E-state index in [4.69, 9.17) is 0 Å². The van der Waals surface area contributed by atoms with E-state index in [2.05, 4.69) is 10.2 Å². The maximum absolute atomic E-state index is 3.50. The van der Waals surface area contributed by atoms with Crippen LogP contribution in [0.5, 0.6) is 0 Å². The van der Waals surface area contributed by atoms with Crippen molar-refractivity contribution < 1.29 is 0 Å². The lowest BCUT2D eigenvalue weighted by molar-refractivity contribution is -0.0398. The van der Waals surface area contributed by atoms with Crippen molar-refractivity contribution in [3.05, 3.63) is 0 Å². The molecule has 2 atom stereocenters. The molecule has 2 saturated heterocycles. The fourth-order valence-corrected chi connectivity index (χ4v) is 4.57. The Bertz CT molecular complexity index is 252. The van der Waals surface area contributed by atoms with Crippen LogP contribution in [0.3, 0.4) is 0 Å². The predicted molar refractivity (Wildman–Crippen MR) is 60.7 cm³/mol. The van der Waals surface area contributed by atoms with Crippen molar-refractivity contribution in [3.63, 3.8) is 0 Å². The Labute approximate surface area is 92.4 Å². The van der Waals surface area contributed by atoms with Gasteiger partial charge in [-0.05, 0) is 43.2 Å². The number of hydrogen-bond acceptors (Lipinski definition) is 2. The second-order valence-corrected chi connectivity index (χ2v) is 6.44. The summed E-state index contributed by atoms with van der Waals surface area (Å²) in [6.45, 7) is 5.51. The third-order valence-electron chi connectivity index (χ3n) is 5.46. The molecule has 0 amide bonds. The van der Waals surface area contributed by atoms with Crippen molar-refractivity contribution in [2.24, 2.45) is 17.3 Å². The number of nitrogens with zero attached hydrogens (tertiary/aromatic N) is 1. The molecule has 4 aliphatic rings. The molecule has 1 spiro atoms. The fraction of sp³-hybridized carbons (Fsp3) is 1.00. The minimum Gasteiger partial charge on any atom is -0.316 e. The van der Waals surface area contributed by atoms with Gasteiger partial charge in [-0.1, -0.05) is 19.3 Å². The number of nitrogens with one attached hydrogen (secondary N) is 1. The normalized spacial score (nSPS) is 47.6. The van der Waals surface area contributed by atoms with Gasteiger partial charge in [0.2, 0.25) is 0 Å². The highest BCUT2D eigenvalue weighted by atomic mass is 15.3. The molecule has 2 unspecified atom stereocenters. The van der Waals surface area contributed by atoms with Crippen molar-refractivity contribution in [1.82, 2.24) is 10.2 Å². The molecule has 2 aliphatic carbocycles. The van der Waals surface area contributed by atoms with Gasteiger partial charge in [-0.15, -0.1) is 0 Å². The molecule has 4 fully saturated rings. The molecule has 0 bridgehead atoms. The molecule has 0 aromatic heterocycles. The first-order valence-corrected chi connectivity index (χ1v) is 6.83. The van der Waals surface area contributed by atoms with Crippen LogP contribution >= 0.6 is 0 Å². The van der Waals surface area contributed by atoms with Crippen molar-refractivity contribution in [2.45, 2.75) is 38.1 Å². The van der Waals surface area contributed by atoms with Crippen LogP contribution in [0.1, 0.15) is 32.1 Å². The zero-order chi connectivity index (χ0) is 9.88. The first-order valence-electron chi connectivity index (χ1n) is 6.83. The van der Waals surface area contributed by atoms with Gasteiger partial charge in [0.05, 0.1) is 0 Å². The SMILES string of the molecule is C1CCC2(CC1)CN(C1C3CNCC31)C2. The van der Waals surface area contributed by atoms with E-state index < -0.39 is 0 Å². The Kier molecular flexibility index (Phi) is 1.79. The molecule has 2 heterocycles. The fourth-order valence-electron chi connectivity index (χ4n) is 4.57. The third-order valence-corrected chi connectivity index (χ3v) is 5.46. The third kappa shape index (κ3) is 1.24. The number of fused-ring (bicyclic) bond motifs is 1. The lowest BCUT2D eigenvalue weighted by Crippen LogP contribution is -2.58. The molecule has 15 heavy (non-hydrogen) atoms. The average Bonchev–Trinajstić information content (AvgIpc) is 2.69. The van der Waals surface area contributed by atoms with E-state index in [9.17, 15) is 0 Å². The molecule has 84 valence electrons. The van der Waals surface area contributed by atoms with Gasteiger partial charge in [0.1, 0.15) is 0 Å². The highest BCUT2D eigenvalue weighted by Gasteiger charge is 2.60. The highest BCUT2D eigenvalue weighted by Crippen LogP contribution is 2.53. The topological polar surface area (TPSA) is 15.3 Å². The molecule has 0 radical (unpaired) electrons. The van der Waals surface area contributed by atoms with Crippen molar-refractivity contribution in [1.29, 1.82) is 0 Å². The van der Waals surface area contributed by atoms with Gasteiger partial charge in [-0.3, -0.25) is 4.90 Å². The van der Waals surface area contributed by atoms with Gasteiger partial charge in [0.15, 0.2) is 0 Å². The monoisotopic (exact) mass is 206 g/mol. The van der Waals surface area contributed by atoms with Crippen LogP contribution in [0, 0.1) is 17.3 Å². The Morgan fingerprint density at radius 3 is 2.27 bits per heavy atom. The second kappa shape index (κ2) is 2.98. The summed E-state index contributed by atoms with van der Waals surface area (Å²) in [5.41, 5.74) is 0.794. The zero-order valence-electron chi connectivity index (χ0n) is 9.54. The maximum Gasteiger partial charge on any atom is 0.0184 e. The molecular formula is C13H22N2. The number of likely N-dealkylation sites (tertiary alicyclic amines) is 1. The van der Waals surface area contributed by atoms with Crippen LogP contribution in [-0.2, 0) is 0 Å². The quantitative estimate of drug-likeness (QED) is 0.699. The van der Waals surface area contributed by atoms with E-state index in [1.54, 1.807) is 0 Å². The summed E-state index contributed by atoms with van der Waals surface area (Å²) in [6.07, 6.45) is 7.58. The van der Waals surface area contributed by atoms with Crippen molar-refractivity contribution in [2.75, 3.05) is 26.2 Å². The molecule has 2 aliphatic heterocycles. The van der Waals surface area contributed by atoms with E-state index in [1.807, 2.05) is 0 Å². The van der Waals surface area contributed by atoms with Gasteiger partial charge in [0.25, 0.3) is 0 Å². The summed E-state index contributed by atoms with van der Waals surface area (Å²) in [6, 6.07) is 0.999. The molecule has 0 aromatic carbocycles. The number of piperidine rings is 1. The first-order chi connectivity index (χ1) is 7.38. The standard InChI is InChI=1S/C13H22N2/c1-2-4-13(5-3-1)8-15(9-13)12-10-6-14-7-11(10)12/h10-12,14H,1-9H2. The summed E-state index contributed by atoms with van der Waals surface area (Å²) in [5.74, 6) is 2.07. The number of hydrogen-bond donors (Lipinski definition) is 1. The van der Waals surface area contributed by atoms with Crippen LogP contribution in [0.15, 0.2) is 0 Å². The summed E-state index contributed by atoms with van der Waals surface area (Å²) in [5, 5.41) is 3.50. The predicted octanol–water partition coefficient (Wildman–Crippen LogP) is 1.47. The Morgan fingerprint density at radius 2 is 1.60 bits per heavy atom. The maximum atomic E-state index is 3.50. The highest BCUT2D eigenvalue weighted by molar-refractivity contribution is 5.14. The van der Waals surface area contributed by atoms with E-state index in [1.165, 1.54) is 58.3 Å². The van der Waals surface area contributed by atoms with E-state index in [-0.39, 0.29) is 0 Å². The van der Waals surface area contributed by atoms with Gasteiger partial charge in [-0.25, -0.2) is 0 Å². The average molecular weight is 206 g/mol. The van der Waals surface area contributed by atoms with E-state index in [0.717, 1.165) is 23.3 Å². The lowest BCUT2D eigenvalue weighted by atomic mass is 9.68. The van der Waals surface area contributed by atoms with Gasteiger partial charge in [0, 0.05) is 19.1 Å². The molecule has 2 nitrogen and oxygen atoms in total. The second-order valence-electron chi connectivity index (χ2n) is 6.44. The van der Waals surface area contributed by atoms with Crippen LogP contribution < -0.4 is 5.32 Å². The van der Waals surface area contributed by atoms with Crippen molar-refractivity contribution in [3.8, 4) is 0 Å². The Hall–Kier alpha value is -0.0800. The minimum atomic E-state index is 0.794. The Morgan fingerprint density at radius 1 is 0.933 bits per heavy atom. The van der Waals surface area contributed by atoms with Crippen LogP contribution in [0.25, 0.3) is 0 Å². The summed E-state index contributed by atoms with van der Waals surface area (Å²) in [4.78, 5) is 2.81. The summed E-state index contributed by atoms with van der Waals surface area (Å²) < 4.78 is 0. The van der Waals surface area contributed by atoms with Crippen LogP contribution in [0.4, 0.5) is 0 Å². The van der Waals surface area contributed by atoms with Crippen LogP contribution in [-0.4, -0.2) is 37.1 Å². The molecule has 2 saturated carbocycles. The molecule has 4 rings (SSSR count). The van der Waals surface area contributed by atoms with Gasteiger partial charge >= 0.3 is 0 Å². The van der Waals surface area contributed by atoms with E-state index in [0.29, 0.717) is 0 Å². The molecule has 2 heteroatoms. The van der Waals surface area contributed by atoms with Crippen LogP contribution in [0.2, 0.25) is 0 Å². The van der Waals surface area contributed by atoms with Gasteiger partial charge in [-0.2, -0.15) is 0 Å². The summed E-state index contributed by atoms with van der Waals surface area (Å²) in [7, 11) is 0. The van der Waals surface area contributed by atoms with E-state index >= 15 is 0 Å². The molecule has 0 aromatic rings. The Balaban J connectivity index is 1.36. The van der Waals surface area contributed by atoms with Crippen molar-refractivity contribution >= 4 is 0 Å². The summed E-state index contributed by atoms with van der Waals surface area (Å²) >= 11 is 0. The lowest BCUT2D eigenvalue weighted by Gasteiger charge is -2.53.